The number of aliphatic carboxylic acids is 1. The van der Waals surface area contributed by atoms with Crippen LogP contribution < -0.4 is 0 Å². The van der Waals surface area contributed by atoms with Gasteiger partial charge in [0.15, 0.2) is 0 Å². The summed E-state index contributed by atoms with van der Waals surface area (Å²) in [4.78, 5) is 19.7. The fraction of sp³-hybridized carbons (Fsp3) is 0.194. The Bertz CT molecular complexity index is 2010. The van der Waals surface area contributed by atoms with Gasteiger partial charge in [0.05, 0.1) is 6.61 Å². The van der Waals surface area contributed by atoms with Crippen LogP contribution in [0.5, 0.6) is 0 Å². The summed E-state index contributed by atoms with van der Waals surface area (Å²) >= 11 is 3.28. The molecule has 4 heterocycles. The van der Waals surface area contributed by atoms with E-state index in [1.807, 2.05) is 24.3 Å². The number of carboxylic acids is 1. The lowest BCUT2D eigenvalue weighted by atomic mass is 10.0. The number of nitriles is 1. The molecule has 0 amide bonds. The number of unbranched alkanes of at least 4 members (excludes halogenated alkanes) is 1. The van der Waals surface area contributed by atoms with Crippen molar-refractivity contribution in [3.05, 3.63) is 107 Å². The van der Waals surface area contributed by atoms with Gasteiger partial charge in [0.2, 0.25) is 0 Å². The van der Waals surface area contributed by atoms with E-state index in [0.717, 1.165) is 41.1 Å². The molecule has 4 aromatic heterocycles. The predicted molar refractivity (Wildman–Crippen MR) is 180 cm³/mol. The molecule has 0 bridgehead atoms. The van der Waals surface area contributed by atoms with Crippen molar-refractivity contribution in [2.45, 2.75) is 39.3 Å². The lowest BCUT2D eigenvalue weighted by molar-refractivity contribution is -0.132. The van der Waals surface area contributed by atoms with Crippen molar-refractivity contribution in [1.82, 2.24) is 9.55 Å². The first-order valence-corrected chi connectivity index (χ1v) is 16.2. The van der Waals surface area contributed by atoms with Crippen molar-refractivity contribution >= 4 is 56.5 Å². The third-order valence-electron chi connectivity index (χ3n) is 7.67. The van der Waals surface area contributed by atoms with Crippen LogP contribution in [0.2, 0.25) is 0 Å². The summed E-state index contributed by atoms with van der Waals surface area (Å²) in [7, 11) is 0. The Morgan fingerprint density at radius 1 is 0.977 bits per heavy atom. The molecule has 2 aromatic carbocycles. The van der Waals surface area contributed by atoms with Gasteiger partial charge in [0.25, 0.3) is 0 Å². The molecule has 0 aliphatic carbocycles. The molecule has 44 heavy (non-hydrogen) atoms. The Morgan fingerprint density at radius 2 is 1.80 bits per heavy atom. The van der Waals surface area contributed by atoms with Gasteiger partial charge in [-0.3, -0.25) is 4.98 Å². The normalized spacial score (nSPS) is 11.8. The molecule has 0 radical (unpaired) electrons. The summed E-state index contributed by atoms with van der Waals surface area (Å²) in [6.45, 7) is 4.36. The van der Waals surface area contributed by atoms with Crippen LogP contribution >= 0.6 is 22.7 Å². The number of hydrogen-bond donors (Lipinski definition) is 1. The predicted octanol–water partition coefficient (Wildman–Crippen LogP) is 9.20. The molecular formula is C36H31N3O3S2. The summed E-state index contributed by atoms with van der Waals surface area (Å²) in [6, 6.07) is 27.3. The minimum absolute atomic E-state index is 0.267. The Hall–Kier alpha value is -4.55. The van der Waals surface area contributed by atoms with Crippen LogP contribution in [-0.4, -0.2) is 27.2 Å². The van der Waals surface area contributed by atoms with Gasteiger partial charge in [-0.05, 0) is 97.5 Å². The molecule has 0 aliphatic rings. The number of ether oxygens (including phenoxy) is 1. The first kappa shape index (κ1) is 29.5. The molecular weight excluding hydrogens is 587 g/mol. The molecule has 0 aliphatic heterocycles. The molecule has 0 saturated carbocycles. The molecule has 0 saturated heterocycles. The van der Waals surface area contributed by atoms with E-state index in [-0.39, 0.29) is 5.57 Å². The maximum absolute atomic E-state index is 11.4. The molecule has 0 atom stereocenters. The van der Waals surface area contributed by atoms with Gasteiger partial charge in [-0.25, -0.2) is 4.79 Å². The minimum atomic E-state index is -1.22. The second-order valence-corrected chi connectivity index (χ2v) is 12.7. The van der Waals surface area contributed by atoms with E-state index in [1.54, 1.807) is 29.8 Å². The van der Waals surface area contributed by atoms with Crippen molar-refractivity contribution in [1.29, 1.82) is 5.26 Å². The van der Waals surface area contributed by atoms with Gasteiger partial charge in [0.1, 0.15) is 11.6 Å². The number of carboxylic acid groups (broad SMARTS) is 1. The second-order valence-electron chi connectivity index (χ2n) is 10.5. The van der Waals surface area contributed by atoms with Crippen LogP contribution in [-0.2, 0) is 29.1 Å². The lowest BCUT2D eigenvalue weighted by Crippen LogP contribution is -1.97. The minimum Gasteiger partial charge on any atom is -0.477 e. The molecule has 8 heteroatoms. The standard InChI is InChI=1S/C36H31N3O3S2/c1-2-39-31-9-4-3-8-29(31)30-20-25(10-12-32(30)39)34-21-26(7-5-6-18-42-23-24-14-16-38-17-15-24)35(44-34)33-13-11-28(43-33)19-27(22-37)36(40)41/h3-4,8-17,19-21H,2,5-7,18,23H2,1H3,(H,40,41)/b27-19-. The smallest absolute Gasteiger partial charge is 0.346 e. The van der Waals surface area contributed by atoms with E-state index < -0.39 is 5.97 Å². The fourth-order valence-corrected chi connectivity index (χ4v) is 7.84. The summed E-state index contributed by atoms with van der Waals surface area (Å²) in [5, 5.41) is 21.1. The Morgan fingerprint density at radius 3 is 2.59 bits per heavy atom. The number of nitrogens with zero attached hydrogens (tertiary/aromatic N) is 3. The quantitative estimate of drug-likeness (QED) is 0.0840. The largest absolute Gasteiger partial charge is 0.477 e. The average molecular weight is 618 g/mol. The van der Waals surface area contributed by atoms with Crippen molar-refractivity contribution in [3.63, 3.8) is 0 Å². The van der Waals surface area contributed by atoms with E-state index in [4.69, 9.17) is 4.74 Å². The summed E-state index contributed by atoms with van der Waals surface area (Å²) in [5.74, 6) is -1.22. The SMILES string of the molecule is CCn1c2ccccc2c2cc(-c3cc(CCCCOCc4ccncc4)c(-c4ccc(/C=C(/C#N)C(=O)O)s4)s3)ccc21. The second kappa shape index (κ2) is 13.4. The van der Waals surface area contributed by atoms with Crippen molar-refractivity contribution in [3.8, 4) is 26.3 Å². The zero-order valence-electron chi connectivity index (χ0n) is 24.3. The molecule has 220 valence electrons. The van der Waals surface area contributed by atoms with Gasteiger partial charge in [-0.15, -0.1) is 22.7 Å². The van der Waals surface area contributed by atoms with Gasteiger partial charge < -0.3 is 14.4 Å². The van der Waals surface area contributed by atoms with Crippen LogP contribution in [0.4, 0.5) is 0 Å². The molecule has 0 unspecified atom stereocenters. The number of fused-ring (bicyclic) bond motifs is 3. The molecule has 0 spiro atoms. The maximum atomic E-state index is 11.4. The highest BCUT2D eigenvalue weighted by Gasteiger charge is 2.17. The van der Waals surface area contributed by atoms with Crippen LogP contribution in [0.3, 0.4) is 0 Å². The van der Waals surface area contributed by atoms with Crippen molar-refractivity contribution < 1.29 is 14.6 Å². The Labute approximate surface area is 264 Å². The molecule has 6 rings (SSSR count). The van der Waals surface area contributed by atoms with E-state index in [9.17, 15) is 15.2 Å². The number of para-hydroxylation sites is 1. The van der Waals surface area contributed by atoms with E-state index in [1.165, 1.54) is 60.1 Å². The van der Waals surface area contributed by atoms with Crippen LogP contribution in [0.1, 0.15) is 35.8 Å². The van der Waals surface area contributed by atoms with E-state index in [0.29, 0.717) is 13.2 Å². The van der Waals surface area contributed by atoms with Crippen molar-refractivity contribution in [2.24, 2.45) is 0 Å². The van der Waals surface area contributed by atoms with E-state index in [2.05, 4.69) is 65.0 Å². The molecule has 6 nitrogen and oxygen atoms in total. The zero-order valence-corrected chi connectivity index (χ0v) is 26.0. The fourth-order valence-electron chi connectivity index (χ4n) is 5.54. The number of thiophene rings is 2. The number of aromatic nitrogens is 2. The van der Waals surface area contributed by atoms with Crippen LogP contribution in [0, 0.1) is 11.3 Å². The van der Waals surface area contributed by atoms with Gasteiger partial charge in [0, 0.05) is 66.9 Å². The summed E-state index contributed by atoms with van der Waals surface area (Å²) in [5.41, 5.74) is 5.79. The monoisotopic (exact) mass is 617 g/mol. The number of benzene rings is 2. The highest BCUT2D eigenvalue weighted by molar-refractivity contribution is 7.24. The molecule has 0 fully saturated rings. The third-order valence-corrected chi connectivity index (χ3v) is 10.1. The van der Waals surface area contributed by atoms with E-state index >= 15 is 0 Å². The molecule has 1 N–H and O–H groups in total. The Kier molecular flexibility index (Phi) is 8.99. The number of aryl methyl sites for hydroxylation is 2. The highest BCUT2D eigenvalue weighted by Crippen LogP contribution is 2.43. The van der Waals surface area contributed by atoms with Gasteiger partial charge in [-0.2, -0.15) is 5.26 Å². The average Bonchev–Trinajstić information content (AvgIpc) is 3.77. The number of rotatable bonds is 12. The maximum Gasteiger partial charge on any atom is 0.346 e. The van der Waals surface area contributed by atoms with Crippen LogP contribution in [0.15, 0.2) is 90.8 Å². The van der Waals surface area contributed by atoms with Gasteiger partial charge >= 0.3 is 5.97 Å². The topological polar surface area (TPSA) is 88.1 Å². The number of pyridine rings is 1. The number of hydrogen-bond acceptors (Lipinski definition) is 6. The first-order valence-electron chi connectivity index (χ1n) is 14.6. The van der Waals surface area contributed by atoms with Gasteiger partial charge in [-0.1, -0.05) is 24.3 Å². The Balaban J connectivity index is 1.29. The highest BCUT2D eigenvalue weighted by atomic mass is 32.1. The lowest BCUT2D eigenvalue weighted by Gasteiger charge is -2.05. The number of carbonyl (C=O) groups is 1. The third kappa shape index (κ3) is 6.22. The summed E-state index contributed by atoms with van der Waals surface area (Å²) < 4.78 is 8.26. The first-order chi connectivity index (χ1) is 21.6. The van der Waals surface area contributed by atoms with Crippen molar-refractivity contribution in [2.75, 3.05) is 6.61 Å². The zero-order chi connectivity index (χ0) is 30.5. The molecule has 6 aromatic rings. The summed E-state index contributed by atoms with van der Waals surface area (Å²) in [6.07, 6.45) is 7.84. The van der Waals surface area contributed by atoms with Crippen LogP contribution in [0.25, 0.3) is 48.1 Å².